The molecule has 2 aromatic carbocycles. The van der Waals surface area contributed by atoms with Crippen molar-refractivity contribution in [2.45, 2.75) is 33.1 Å². The molecule has 3 nitrogen and oxygen atoms in total. The van der Waals surface area contributed by atoms with Crippen molar-refractivity contribution in [2.75, 3.05) is 11.9 Å². The van der Waals surface area contributed by atoms with Crippen LogP contribution < -0.4 is 10.1 Å². The average molecular weight is 332 g/mol. The Hall–Kier alpha value is -2.00. The summed E-state index contributed by atoms with van der Waals surface area (Å²) >= 11 is 5.90. The topological polar surface area (TPSA) is 38.3 Å². The van der Waals surface area contributed by atoms with E-state index in [4.69, 9.17) is 16.3 Å². The lowest BCUT2D eigenvalue weighted by Crippen LogP contribution is -2.22. The van der Waals surface area contributed by atoms with E-state index in [1.165, 1.54) is 5.56 Å². The maximum absolute atomic E-state index is 12.0. The summed E-state index contributed by atoms with van der Waals surface area (Å²) in [5.74, 6) is 0.525. The first-order valence-electron chi connectivity index (χ1n) is 7.55. The van der Waals surface area contributed by atoms with Crippen LogP contribution in [0.25, 0.3) is 0 Å². The van der Waals surface area contributed by atoms with E-state index in [-0.39, 0.29) is 17.9 Å². The first-order valence-corrected chi connectivity index (χ1v) is 7.93. The molecule has 0 atom stereocenters. The molecule has 0 aliphatic rings. The number of carbonyl (C=O) groups is 1. The summed E-state index contributed by atoms with van der Waals surface area (Å²) in [5.41, 5.74) is 2.87. The number of hydrogen-bond acceptors (Lipinski definition) is 2. The summed E-state index contributed by atoms with van der Waals surface area (Å²) in [4.78, 5) is 12.0. The lowest BCUT2D eigenvalue weighted by Gasteiger charge is -2.23. The third-order valence-corrected chi connectivity index (χ3v) is 3.65. The molecule has 23 heavy (non-hydrogen) atoms. The fraction of sp³-hybridized carbons (Fsp3) is 0.316. The molecule has 1 amide bonds. The Kier molecular flexibility index (Phi) is 5.32. The molecule has 2 aromatic rings. The fourth-order valence-corrected chi connectivity index (χ4v) is 2.45. The largest absolute Gasteiger partial charge is 0.483 e. The molecular formula is C19H22ClNO2. The smallest absolute Gasteiger partial charge is 0.262 e. The van der Waals surface area contributed by atoms with Crippen molar-refractivity contribution in [2.24, 2.45) is 0 Å². The Morgan fingerprint density at radius 1 is 1.17 bits per heavy atom. The Balaban J connectivity index is 2.05. The summed E-state index contributed by atoms with van der Waals surface area (Å²) in [6.07, 6.45) is 0. The number of aryl methyl sites for hydroxylation is 1. The van der Waals surface area contributed by atoms with Gasteiger partial charge in [0.05, 0.1) is 0 Å². The molecular weight excluding hydrogens is 310 g/mol. The predicted molar refractivity (Wildman–Crippen MR) is 95.5 cm³/mol. The van der Waals surface area contributed by atoms with Gasteiger partial charge in [0, 0.05) is 10.7 Å². The van der Waals surface area contributed by atoms with Gasteiger partial charge in [0.15, 0.2) is 6.61 Å². The van der Waals surface area contributed by atoms with Crippen LogP contribution in [0, 0.1) is 6.92 Å². The van der Waals surface area contributed by atoms with Crippen LogP contribution in [0.3, 0.4) is 0 Å². The minimum absolute atomic E-state index is 0.0430. The highest BCUT2D eigenvalue weighted by Crippen LogP contribution is 2.32. The number of carbonyl (C=O) groups excluding carboxylic acids is 1. The zero-order chi connectivity index (χ0) is 17.0. The van der Waals surface area contributed by atoms with Gasteiger partial charge in [-0.15, -0.1) is 0 Å². The van der Waals surface area contributed by atoms with Crippen LogP contribution in [0.2, 0.25) is 5.02 Å². The highest BCUT2D eigenvalue weighted by atomic mass is 35.5. The summed E-state index contributed by atoms with van der Waals surface area (Å²) < 4.78 is 5.74. The third-order valence-electron chi connectivity index (χ3n) is 3.41. The number of rotatable bonds is 4. The van der Waals surface area contributed by atoms with Crippen LogP contribution in [0.5, 0.6) is 5.75 Å². The number of hydrogen-bond donors (Lipinski definition) is 1. The van der Waals surface area contributed by atoms with Gasteiger partial charge in [-0.05, 0) is 42.2 Å². The van der Waals surface area contributed by atoms with Gasteiger partial charge in [-0.2, -0.15) is 0 Å². The number of amides is 1. The van der Waals surface area contributed by atoms with Gasteiger partial charge in [0.2, 0.25) is 0 Å². The molecule has 0 aliphatic carbocycles. The zero-order valence-electron chi connectivity index (χ0n) is 13.9. The van der Waals surface area contributed by atoms with Crippen LogP contribution in [0.4, 0.5) is 5.69 Å². The van der Waals surface area contributed by atoms with Crippen molar-refractivity contribution in [1.82, 2.24) is 0 Å². The van der Waals surface area contributed by atoms with E-state index >= 15 is 0 Å². The maximum Gasteiger partial charge on any atom is 0.262 e. The van der Waals surface area contributed by atoms with Crippen LogP contribution in [0.1, 0.15) is 31.9 Å². The molecule has 0 aromatic heterocycles. The van der Waals surface area contributed by atoms with Gasteiger partial charge in [-0.3, -0.25) is 4.79 Å². The molecule has 0 saturated heterocycles. The molecule has 0 bridgehead atoms. The average Bonchev–Trinajstić information content (AvgIpc) is 2.45. The monoisotopic (exact) mass is 331 g/mol. The minimum atomic E-state index is -0.215. The lowest BCUT2D eigenvalue weighted by molar-refractivity contribution is -0.118. The van der Waals surface area contributed by atoms with Gasteiger partial charge in [-0.25, -0.2) is 0 Å². The van der Waals surface area contributed by atoms with Crippen LogP contribution in [-0.2, 0) is 10.2 Å². The van der Waals surface area contributed by atoms with Crippen LogP contribution in [-0.4, -0.2) is 12.5 Å². The summed E-state index contributed by atoms with van der Waals surface area (Å²) in [6, 6.07) is 13.0. The Morgan fingerprint density at radius 2 is 1.91 bits per heavy atom. The number of ether oxygens (including phenoxy) is 1. The van der Waals surface area contributed by atoms with Crippen molar-refractivity contribution in [1.29, 1.82) is 0 Å². The normalized spacial score (nSPS) is 11.2. The Bertz CT molecular complexity index is 705. The molecule has 2 rings (SSSR count). The molecule has 0 unspecified atom stereocenters. The first-order chi connectivity index (χ1) is 10.8. The SMILES string of the molecule is Cc1ccc(OCC(=O)Nc2cccc(Cl)c2)c(C(C)(C)C)c1. The third kappa shape index (κ3) is 5.00. The van der Waals surface area contributed by atoms with Crippen molar-refractivity contribution in [3.63, 3.8) is 0 Å². The highest BCUT2D eigenvalue weighted by Gasteiger charge is 2.19. The number of anilines is 1. The predicted octanol–water partition coefficient (Wildman–Crippen LogP) is 4.96. The van der Waals surface area contributed by atoms with E-state index < -0.39 is 0 Å². The van der Waals surface area contributed by atoms with E-state index in [2.05, 4.69) is 32.2 Å². The van der Waals surface area contributed by atoms with E-state index in [0.29, 0.717) is 10.7 Å². The van der Waals surface area contributed by atoms with Gasteiger partial charge in [0.25, 0.3) is 5.91 Å². The van der Waals surface area contributed by atoms with Crippen molar-refractivity contribution >= 4 is 23.2 Å². The number of halogens is 1. The summed E-state index contributed by atoms with van der Waals surface area (Å²) in [5, 5.41) is 3.36. The van der Waals surface area contributed by atoms with Gasteiger partial charge in [-0.1, -0.05) is 56.1 Å². The maximum atomic E-state index is 12.0. The van der Waals surface area contributed by atoms with E-state index in [0.717, 1.165) is 11.3 Å². The molecule has 0 heterocycles. The fourth-order valence-electron chi connectivity index (χ4n) is 2.26. The van der Waals surface area contributed by atoms with E-state index in [1.54, 1.807) is 24.3 Å². The molecule has 0 aliphatic heterocycles. The molecule has 0 spiro atoms. The van der Waals surface area contributed by atoms with Crippen LogP contribution in [0.15, 0.2) is 42.5 Å². The van der Waals surface area contributed by atoms with E-state index in [9.17, 15) is 4.79 Å². The standard InChI is InChI=1S/C19H22ClNO2/c1-13-8-9-17(16(10-13)19(2,3)4)23-12-18(22)21-15-7-5-6-14(20)11-15/h5-11H,12H2,1-4H3,(H,21,22). The van der Waals surface area contributed by atoms with Gasteiger partial charge >= 0.3 is 0 Å². The zero-order valence-corrected chi connectivity index (χ0v) is 14.7. The molecule has 0 saturated carbocycles. The molecule has 4 heteroatoms. The second-order valence-electron chi connectivity index (χ2n) is 6.60. The molecule has 0 fully saturated rings. The highest BCUT2D eigenvalue weighted by molar-refractivity contribution is 6.30. The summed E-state index contributed by atoms with van der Waals surface area (Å²) in [7, 11) is 0. The van der Waals surface area contributed by atoms with E-state index in [1.807, 2.05) is 19.1 Å². The van der Waals surface area contributed by atoms with Crippen molar-refractivity contribution < 1.29 is 9.53 Å². The molecule has 122 valence electrons. The first kappa shape index (κ1) is 17.4. The Labute approximate surface area is 142 Å². The van der Waals surface area contributed by atoms with Gasteiger partial charge < -0.3 is 10.1 Å². The second-order valence-corrected chi connectivity index (χ2v) is 7.03. The summed E-state index contributed by atoms with van der Waals surface area (Å²) in [6.45, 7) is 8.38. The van der Waals surface area contributed by atoms with Crippen molar-refractivity contribution in [3.8, 4) is 5.75 Å². The lowest BCUT2D eigenvalue weighted by atomic mass is 9.85. The number of benzene rings is 2. The quantitative estimate of drug-likeness (QED) is 0.859. The minimum Gasteiger partial charge on any atom is -0.483 e. The van der Waals surface area contributed by atoms with Gasteiger partial charge in [0.1, 0.15) is 5.75 Å². The van der Waals surface area contributed by atoms with Crippen molar-refractivity contribution in [3.05, 3.63) is 58.6 Å². The molecule has 1 N–H and O–H groups in total. The van der Waals surface area contributed by atoms with Crippen LogP contribution >= 0.6 is 11.6 Å². The molecule has 0 radical (unpaired) electrons. The second kappa shape index (κ2) is 7.05. The number of nitrogens with one attached hydrogen (secondary N) is 1. The Morgan fingerprint density at radius 3 is 2.57 bits per heavy atom.